The summed E-state index contributed by atoms with van der Waals surface area (Å²) in [5.41, 5.74) is 18.2. The molecule has 0 saturated heterocycles. The van der Waals surface area contributed by atoms with Gasteiger partial charge < -0.3 is 0 Å². The molecule has 0 atom stereocenters. The van der Waals surface area contributed by atoms with Gasteiger partial charge in [0.1, 0.15) is 5.82 Å². The van der Waals surface area contributed by atoms with Gasteiger partial charge in [-0.1, -0.05) is 152 Å². The number of nitriles is 1. The summed E-state index contributed by atoms with van der Waals surface area (Å²) in [6, 6.07) is 68.8. The van der Waals surface area contributed by atoms with Crippen LogP contribution in [0.3, 0.4) is 0 Å². The molecule has 0 N–H and O–H groups in total. The molecule has 0 bridgehead atoms. The first kappa shape index (κ1) is 39.7. The van der Waals surface area contributed by atoms with Crippen molar-refractivity contribution < 1.29 is 8.50 Å². The quantitative estimate of drug-likeness (QED) is 0.116. The van der Waals surface area contributed by atoms with E-state index in [4.69, 9.17) is 4.11 Å². The number of hydrogen-bond donors (Lipinski definition) is 0. The Morgan fingerprint density at radius 2 is 0.926 bits per heavy atom. The molecule has 5 heteroatoms. The lowest BCUT2D eigenvalue weighted by Crippen LogP contribution is -1.98. The molecule has 0 aliphatic rings. The van der Waals surface area contributed by atoms with Crippen LogP contribution in [0.25, 0.3) is 78.3 Å². The maximum atomic E-state index is 15.3. The number of aryl methyl sites for hydroxylation is 5. The van der Waals surface area contributed by atoms with E-state index in [-0.39, 0.29) is 11.1 Å². The lowest BCUT2D eigenvalue weighted by atomic mass is 9.86. The van der Waals surface area contributed by atoms with Crippen LogP contribution in [-0.2, 0) is 25.7 Å². The molecule has 3 aromatic heterocycles. The van der Waals surface area contributed by atoms with Gasteiger partial charge in [-0.05, 0) is 148 Å². The van der Waals surface area contributed by atoms with Gasteiger partial charge in [-0.3, -0.25) is 15.0 Å². The van der Waals surface area contributed by atoms with Crippen molar-refractivity contribution in [3.8, 4) is 84.3 Å². The van der Waals surface area contributed by atoms with Gasteiger partial charge in [0.25, 0.3) is 0 Å². The zero-order chi connectivity index (χ0) is 48.7. The highest BCUT2D eigenvalue weighted by Gasteiger charge is 2.17. The first-order valence-electron chi connectivity index (χ1n) is 24.3. The number of pyridine rings is 3. The third-order valence-corrected chi connectivity index (χ3v) is 12.5. The van der Waals surface area contributed by atoms with Gasteiger partial charge in [0.05, 0.1) is 28.7 Å². The van der Waals surface area contributed by atoms with Crippen molar-refractivity contribution in [1.82, 2.24) is 15.0 Å². The van der Waals surface area contributed by atoms with Crippen LogP contribution < -0.4 is 0 Å². The monoisotopic (exact) mass is 881 g/mol. The second-order valence-electron chi connectivity index (χ2n) is 17.0. The first-order chi connectivity index (χ1) is 34.6. The molecule has 0 radical (unpaired) electrons. The van der Waals surface area contributed by atoms with Crippen molar-refractivity contribution in [3.63, 3.8) is 0 Å². The Kier molecular flexibility index (Phi) is 11.6. The van der Waals surface area contributed by atoms with Crippen LogP contribution >= 0.6 is 0 Å². The van der Waals surface area contributed by atoms with Gasteiger partial charge in [-0.2, -0.15) is 5.26 Å². The molecule has 0 aliphatic carbocycles. The van der Waals surface area contributed by atoms with Crippen LogP contribution in [0.1, 0.15) is 37.5 Å². The number of halogens is 1. The third kappa shape index (κ3) is 9.82. The van der Waals surface area contributed by atoms with E-state index in [9.17, 15) is 5.26 Å². The standard InChI is InChI=1S/C63H47FN4/c1-43-12-33-63(68-42-43)53-30-32-58(59(40-53)50-28-26-49(27-29-50)56-31-21-48(41-65)39-60(56)64)57-9-3-2-8-55(57)54-37-46(15-13-44-17-22-51(23-18-44)61-10-4-6-34-66-61)36-47(38-54)16-14-45-19-24-52(25-20-45)62-11-5-7-35-67-62/h2-12,17-40,42H,13-16H2,1H3/i1D3. The van der Waals surface area contributed by atoms with E-state index < -0.39 is 12.7 Å². The maximum Gasteiger partial charge on any atom is 0.132 e. The van der Waals surface area contributed by atoms with Gasteiger partial charge in [-0.15, -0.1) is 0 Å². The van der Waals surface area contributed by atoms with E-state index in [1.54, 1.807) is 24.3 Å². The van der Waals surface area contributed by atoms with Crippen molar-refractivity contribution in [2.75, 3.05) is 0 Å². The maximum absolute atomic E-state index is 15.3. The average Bonchev–Trinajstić information content (AvgIpc) is 3.42. The topological polar surface area (TPSA) is 62.5 Å². The van der Waals surface area contributed by atoms with Crippen LogP contribution in [0.15, 0.2) is 219 Å². The molecular weight excluding hydrogens is 832 g/mol. The Labute approximate surface area is 402 Å². The van der Waals surface area contributed by atoms with Crippen molar-refractivity contribution in [1.29, 1.82) is 5.26 Å². The van der Waals surface area contributed by atoms with Crippen LogP contribution in [-0.4, -0.2) is 15.0 Å². The molecule has 7 aromatic carbocycles. The van der Waals surface area contributed by atoms with E-state index in [1.165, 1.54) is 34.5 Å². The molecule has 4 nitrogen and oxygen atoms in total. The van der Waals surface area contributed by atoms with E-state index in [0.29, 0.717) is 16.8 Å². The van der Waals surface area contributed by atoms with Gasteiger partial charge >= 0.3 is 0 Å². The Bertz CT molecular complexity index is 3390. The largest absolute Gasteiger partial charge is 0.256 e. The van der Waals surface area contributed by atoms with E-state index in [1.807, 2.05) is 85.2 Å². The zero-order valence-corrected chi connectivity index (χ0v) is 37.3. The summed E-state index contributed by atoms with van der Waals surface area (Å²) in [7, 11) is 0. The highest BCUT2D eigenvalue weighted by Crippen LogP contribution is 2.41. The number of aromatic nitrogens is 3. The van der Waals surface area contributed by atoms with Gasteiger partial charge in [-0.25, -0.2) is 4.39 Å². The normalized spacial score (nSPS) is 11.9. The molecule has 0 unspecified atom stereocenters. The molecule has 3 heterocycles. The van der Waals surface area contributed by atoms with Crippen molar-refractivity contribution >= 4 is 0 Å². The Balaban J connectivity index is 1.03. The number of nitrogens with zero attached hydrogens (tertiary/aromatic N) is 4. The molecule has 0 aliphatic heterocycles. The molecule has 0 fully saturated rings. The summed E-state index contributed by atoms with van der Waals surface area (Å²) >= 11 is 0. The number of rotatable bonds is 13. The van der Waals surface area contributed by atoms with Crippen molar-refractivity contribution in [2.24, 2.45) is 0 Å². The Hall–Kier alpha value is -8.59. The highest BCUT2D eigenvalue weighted by molar-refractivity contribution is 5.94. The third-order valence-electron chi connectivity index (χ3n) is 12.5. The van der Waals surface area contributed by atoms with Crippen molar-refractivity contribution in [2.45, 2.75) is 32.5 Å². The lowest BCUT2D eigenvalue weighted by molar-refractivity contribution is 0.631. The molecule has 10 aromatic rings. The SMILES string of the molecule is [2H]C([2H])([2H])c1ccc(-c2ccc(-c3ccccc3-c3cc(CCc4ccc(-c5ccccn5)cc4)cc(CCc4ccc(-c5ccccn5)cc4)c3)c(-c3ccc(-c4ccc(C#N)cc4F)cc3)c2)nc1. The Morgan fingerprint density at radius 1 is 0.412 bits per heavy atom. The van der Waals surface area contributed by atoms with E-state index in [0.717, 1.165) is 87.1 Å². The van der Waals surface area contributed by atoms with E-state index >= 15 is 4.39 Å². The van der Waals surface area contributed by atoms with Crippen LogP contribution in [0.5, 0.6) is 0 Å². The first-order valence-corrected chi connectivity index (χ1v) is 22.8. The smallest absolute Gasteiger partial charge is 0.132 e. The summed E-state index contributed by atoms with van der Waals surface area (Å²) in [6.07, 6.45) is 8.51. The minimum absolute atomic E-state index is 0.177. The number of hydrogen-bond acceptors (Lipinski definition) is 4. The molecule has 0 saturated carbocycles. The highest BCUT2D eigenvalue weighted by atomic mass is 19.1. The number of benzene rings is 7. The average molecular weight is 882 g/mol. The predicted molar refractivity (Wildman–Crippen MR) is 275 cm³/mol. The summed E-state index contributed by atoms with van der Waals surface area (Å²) in [5, 5.41) is 9.34. The molecule has 0 amide bonds. The van der Waals surface area contributed by atoms with Crippen LogP contribution in [0.2, 0.25) is 0 Å². The fraction of sp³-hybridized carbons (Fsp3) is 0.0794. The van der Waals surface area contributed by atoms with Crippen LogP contribution in [0.4, 0.5) is 4.39 Å². The second kappa shape index (κ2) is 19.9. The molecular formula is C63H47FN4. The van der Waals surface area contributed by atoms with E-state index in [2.05, 4.69) is 118 Å². The van der Waals surface area contributed by atoms with Crippen LogP contribution in [0, 0.1) is 24.0 Å². The summed E-state index contributed by atoms with van der Waals surface area (Å²) in [4.78, 5) is 13.7. The van der Waals surface area contributed by atoms with Gasteiger partial charge in [0.15, 0.2) is 0 Å². The van der Waals surface area contributed by atoms with Gasteiger partial charge in [0, 0.05) is 45.0 Å². The minimum Gasteiger partial charge on any atom is -0.256 e. The zero-order valence-electron chi connectivity index (χ0n) is 40.3. The molecule has 10 rings (SSSR count). The summed E-state index contributed by atoms with van der Waals surface area (Å²) in [5.74, 6) is -0.460. The fourth-order valence-corrected chi connectivity index (χ4v) is 8.90. The molecule has 326 valence electrons. The lowest BCUT2D eigenvalue weighted by Gasteiger charge is -2.18. The second-order valence-corrected chi connectivity index (χ2v) is 17.0. The fourth-order valence-electron chi connectivity index (χ4n) is 8.90. The van der Waals surface area contributed by atoms with Crippen molar-refractivity contribution in [3.05, 3.63) is 258 Å². The minimum atomic E-state index is -2.27. The molecule has 68 heavy (non-hydrogen) atoms. The van der Waals surface area contributed by atoms with Gasteiger partial charge in [0.2, 0.25) is 0 Å². The molecule has 0 spiro atoms. The summed E-state index contributed by atoms with van der Waals surface area (Å²) < 4.78 is 38.9. The Morgan fingerprint density at radius 3 is 1.47 bits per heavy atom. The summed E-state index contributed by atoms with van der Waals surface area (Å²) in [6.45, 7) is -2.27. The predicted octanol–water partition coefficient (Wildman–Crippen LogP) is 15.4.